The fourth-order valence-electron chi connectivity index (χ4n) is 3.92. The van der Waals surface area contributed by atoms with Crippen molar-refractivity contribution in [2.24, 2.45) is 0 Å². The summed E-state index contributed by atoms with van der Waals surface area (Å²) in [6.45, 7) is 1.27. The Balaban J connectivity index is 1.51. The zero-order valence-electron chi connectivity index (χ0n) is 20.3. The van der Waals surface area contributed by atoms with Crippen LogP contribution in [-0.2, 0) is 18.9 Å². The molecule has 0 spiro atoms. The Morgan fingerprint density at radius 1 is 1.05 bits per heavy atom. The van der Waals surface area contributed by atoms with Crippen LogP contribution in [0, 0.1) is 5.82 Å². The number of fused-ring (bicyclic) bond motifs is 1. The van der Waals surface area contributed by atoms with Crippen LogP contribution in [0.5, 0.6) is 0 Å². The third-order valence-electron chi connectivity index (χ3n) is 6.05. The first-order chi connectivity index (χ1) is 18.7. The van der Waals surface area contributed by atoms with Crippen molar-refractivity contribution in [3.8, 4) is 11.4 Å². The van der Waals surface area contributed by atoms with Crippen LogP contribution in [0.25, 0.3) is 22.2 Å². The number of aromatic amines is 1. The predicted molar refractivity (Wildman–Crippen MR) is 128 cm³/mol. The highest BCUT2D eigenvalue weighted by Crippen LogP contribution is 2.32. The number of H-pyrrole nitrogens is 1. The molecule has 3 heterocycles. The maximum Gasteiger partial charge on any atom is 0.423 e. The van der Waals surface area contributed by atoms with Crippen LogP contribution in [0.4, 0.5) is 36.4 Å². The summed E-state index contributed by atoms with van der Waals surface area (Å²) in [7, 11) is 0. The van der Waals surface area contributed by atoms with Gasteiger partial charge in [-0.3, -0.25) is 9.59 Å². The van der Waals surface area contributed by atoms with E-state index in [1.165, 1.54) is 25.3 Å². The molecule has 2 unspecified atom stereocenters. The number of aliphatic hydroxyl groups excluding tert-OH is 1. The fraction of sp³-hybridized carbons (Fsp3) is 0.292. The Labute approximate surface area is 219 Å². The van der Waals surface area contributed by atoms with Crippen LogP contribution >= 0.6 is 0 Å². The van der Waals surface area contributed by atoms with Gasteiger partial charge in [0.15, 0.2) is 5.82 Å². The number of aryl methyl sites for hydroxylation is 1. The lowest BCUT2D eigenvalue weighted by Crippen LogP contribution is -2.35. The Morgan fingerprint density at radius 3 is 2.35 bits per heavy atom. The third kappa shape index (κ3) is 5.95. The molecule has 0 fully saturated rings. The molecule has 0 amide bonds. The summed E-state index contributed by atoms with van der Waals surface area (Å²) in [6.07, 6.45) is -7.90. The van der Waals surface area contributed by atoms with Crippen molar-refractivity contribution in [3.05, 3.63) is 80.6 Å². The van der Waals surface area contributed by atoms with E-state index >= 15 is 0 Å². The number of hydrogen-bond acceptors (Lipinski definition) is 7. The standard InChI is InChI=1S/C24H19F7N6O3/c1-11(35-17-10-34-36-21(39)19(17)24(29,30)31)18(38)3-5-37-4-2-12-6-15(16(25)7-14(12)22(37)40)20-32-8-13(9-33-20)23(26,27)28/h2,4,6-11,18,38H,3,5H2,1H3,(H2,35,36,39). The number of pyridine rings is 1. The zero-order valence-corrected chi connectivity index (χ0v) is 20.3. The minimum Gasteiger partial charge on any atom is -0.391 e. The van der Waals surface area contributed by atoms with Crippen LogP contribution in [-0.4, -0.2) is 42.0 Å². The molecule has 4 rings (SSSR count). The molecule has 9 nitrogen and oxygen atoms in total. The molecule has 0 bridgehead atoms. The summed E-state index contributed by atoms with van der Waals surface area (Å²) in [5.41, 5.74) is -5.57. The summed E-state index contributed by atoms with van der Waals surface area (Å²) in [4.78, 5) is 31.7. The SMILES string of the molecule is CC(Nc1cn[nH]c(=O)c1C(F)(F)F)C(O)CCn1ccc2cc(-c3ncc(C(F)(F)F)cn3)c(F)cc2c1=O. The molecule has 16 heteroatoms. The number of anilines is 1. The molecule has 2 atom stereocenters. The van der Waals surface area contributed by atoms with Gasteiger partial charge in [0.25, 0.3) is 11.1 Å². The Hall–Kier alpha value is -4.34. The largest absolute Gasteiger partial charge is 0.423 e. The van der Waals surface area contributed by atoms with Crippen LogP contribution in [0.3, 0.4) is 0 Å². The van der Waals surface area contributed by atoms with E-state index in [9.17, 15) is 45.4 Å². The number of nitrogens with one attached hydrogen (secondary N) is 2. The van der Waals surface area contributed by atoms with Crippen LogP contribution in [0.2, 0.25) is 0 Å². The first-order valence-electron chi connectivity index (χ1n) is 11.5. The fourth-order valence-corrected chi connectivity index (χ4v) is 3.92. The number of alkyl halides is 6. The smallest absolute Gasteiger partial charge is 0.391 e. The molecule has 0 aliphatic heterocycles. The van der Waals surface area contributed by atoms with Gasteiger partial charge < -0.3 is 15.0 Å². The molecule has 0 saturated heterocycles. The highest BCUT2D eigenvalue weighted by Gasteiger charge is 2.38. The predicted octanol–water partition coefficient (Wildman–Crippen LogP) is 3.97. The minimum absolute atomic E-state index is 0.0688. The van der Waals surface area contributed by atoms with Gasteiger partial charge in [-0.1, -0.05) is 0 Å². The Morgan fingerprint density at radius 2 is 1.73 bits per heavy atom. The van der Waals surface area contributed by atoms with Crippen molar-refractivity contribution in [2.45, 2.75) is 44.4 Å². The van der Waals surface area contributed by atoms with E-state index in [1.807, 2.05) is 0 Å². The number of aliphatic hydroxyl groups is 1. The van der Waals surface area contributed by atoms with Crippen LogP contribution < -0.4 is 16.4 Å². The van der Waals surface area contributed by atoms with E-state index in [-0.39, 0.29) is 35.1 Å². The molecule has 4 aromatic rings. The topological polar surface area (TPSA) is 126 Å². The van der Waals surface area contributed by atoms with Gasteiger partial charge in [0.05, 0.1) is 34.5 Å². The van der Waals surface area contributed by atoms with Gasteiger partial charge in [-0.05, 0) is 36.9 Å². The summed E-state index contributed by atoms with van der Waals surface area (Å²) in [5, 5.41) is 18.1. The molecule has 3 N–H and O–H groups in total. The summed E-state index contributed by atoms with van der Waals surface area (Å²) < 4.78 is 94.0. The monoisotopic (exact) mass is 572 g/mol. The van der Waals surface area contributed by atoms with Crippen molar-refractivity contribution in [1.82, 2.24) is 24.7 Å². The van der Waals surface area contributed by atoms with E-state index < -0.39 is 58.2 Å². The van der Waals surface area contributed by atoms with Gasteiger partial charge in [0.1, 0.15) is 11.4 Å². The molecule has 0 saturated carbocycles. The van der Waals surface area contributed by atoms with Gasteiger partial charge in [-0.25, -0.2) is 19.5 Å². The number of halogens is 7. The number of nitrogens with zero attached hydrogens (tertiary/aromatic N) is 4. The number of hydrogen-bond donors (Lipinski definition) is 3. The minimum atomic E-state index is -4.98. The average molecular weight is 572 g/mol. The lowest BCUT2D eigenvalue weighted by molar-refractivity contribution is -0.139. The Kier molecular flexibility index (Phi) is 7.65. The molecule has 0 aliphatic rings. The maximum atomic E-state index is 14.8. The van der Waals surface area contributed by atoms with Gasteiger partial charge in [0.2, 0.25) is 0 Å². The second-order valence-electron chi connectivity index (χ2n) is 8.80. The van der Waals surface area contributed by atoms with Gasteiger partial charge in [0, 0.05) is 31.2 Å². The Bertz CT molecular complexity index is 1650. The van der Waals surface area contributed by atoms with Gasteiger partial charge in [-0.2, -0.15) is 31.4 Å². The molecule has 0 aliphatic carbocycles. The molecular weight excluding hydrogens is 553 g/mol. The van der Waals surface area contributed by atoms with Gasteiger partial charge >= 0.3 is 12.4 Å². The van der Waals surface area contributed by atoms with E-state index in [0.29, 0.717) is 12.4 Å². The number of aromatic nitrogens is 5. The molecule has 3 aromatic heterocycles. The van der Waals surface area contributed by atoms with E-state index in [0.717, 1.165) is 16.8 Å². The number of rotatable bonds is 7. The quantitative estimate of drug-likeness (QED) is 0.286. The summed E-state index contributed by atoms with van der Waals surface area (Å²) >= 11 is 0. The first-order valence-corrected chi connectivity index (χ1v) is 11.5. The molecular formula is C24H19F7N6O3. The maximum absolute atomic E-state index is 14.8. The van der Waals surface area contributed by atoms with Crippen molar-refractivity contribution in [1.29, 1.82) is 0 Å². The van der Waals surface area contributed by atoms with Crippen molar-refractivity contribution >= 4 is 16.5 Å². The highest BCUT2D eigenvalue weighted by atomic mass is 19.4. The van der Waals surface area contributed by atoms with E-state index in [2.05, 4.69) is 20.4 Å². The van der Waals surface area contributed by atoms with E-state index in [1.54, 1.807) is 5.10 Å². The normalized spacial score (nSPS) is 13.8. The van der Waals surface area contributed by atoms with Crippen molar-refractivity contribution in [3.63, 3.8) is 0 Å². The number of benzene rings is 1. The molecule has 1 aromatic carbocycles. The van der Waals surface area contributed by atoms with Crippen LogP contribution in [0.1, 0.15) is 24.5 Å². The molecule has 0 radical (unpaired) electrons. The van der Waals surface area contributed by atoms with Crippen molar-refractivity contribution < 1.29 is 35.8 Å². The molecule has 212 valence electrons. The summed E-state index contributed by atoms with van der Waals surface area (Å²) in [5.74, 6) is -1.27. The lowest BCUT2D eigenvalue weighted by atomic mass is 10.1. The second kappa shape index (κ2) is 10.7. The third-order valence-corrected chi connectivity index (χ3v) is 6.05. The zero-order chi connectivity index (χ0) is 29.4. The van der Waals surface area contributed by atoms with E-state index in [4.69, 9.17) is 0 Å². The highest BCUT2D eigenvalue weighted by molar-refractivity contribution is 5.86. The van der Waals surface area contributed by atoms with Crippen LogP contribution in [0.15, 0.2) is 52.6 Å². The average Bonchev–Trinajstić information content (AvgIpc) is 2.87. The second-order valence-corrected chi connectivity index (χ2v) is 8.80. The van der Waals surface area contributed by atoms with Gasteiger partial charge in [-0.15, -0.1) is 0 Å². The molecule has 40 heavy (non-hydrogen) atoms. The summed E-state index contributed by atoms with van der Waals surface area (Å²) in [6, 6.07) is 2.55. The van der Waals surface area contributed by atoms with Crippen molar-refractivity contribution in [2.75, 3.05) is 5.32 Å². The first kappa shape index (κ1) is 28.7. The lowest BCUT2D eigenvalue weighted by Gasteiger charge is -2.23.